The molecule has 0 bridgehead atoms. The Morgan fingerprint density at radius 2 is 1.75 bits per heavy atom. The van der Waals surface area contributed by atoms with Gasteiger partial charge in [-0.25, -0.2) is 9.97 Å². The number of hydrogen-bond donors (Lipinski definition) is 2. The molecular weight excluding hydrogens is 250 g/mol. The Morgan fingerprint density at radius 1 is 0.850 bits per heavy atom. The van der Waals surface area contributed by atoms with E-state index in [4.69, 9.17) is 0 Å². The molecule has 96 valence electrons. The van der Waals surface area contributed by atoms with Crippen LogP contribution in [0.25, 0.3) is 33.5 Å². The Bertz CT molecular complexity index is 927. The van der Waals surface area contributed by atoms with Gasteiger partial charge in [-0.2, -0.15) is 0 Å². The molecule has 0 fully saturated rings. The van der Waals surface area contributed by atoms with Gasteiger partial charge in [0, 0.05) is 11.5 Å². The smallest absolute Gasteiger partial charge is 0.157 e. The van der Waals surface area contributed by atoms with E-state index >= 15 is 0 Å². The number of imidazole rings is 1. The Hall–Kier alpha value is -2.88. The molecule has 0 amide bonds. The fourth-order valence-electron chi connectivity index (χ4n) is 2.32. The average molecular weight is 261 g/mol. The molecule has 4 nitrogen and oxygen atoms in total. The molecule has 2 aromatic heterocycles. The summed E-state index contributed by atoms with van der Waals surface area (Å²) in [7, 11) is 0. The van der Waals surface area contributed by atoms with Crippen LogP contribution in [0.1, 0.15) is 0 Å². The van der Waals surface area contributed by atoms with Crippen LogP contribution in [-0.4, -0.2) is 20.1 Å². The third-order valence-corrected chi connectivity index (χ3v) is 3.31. The van der Waals surface area contributed by atoms with Gasteiger partial charge in [0.25, 0.3) is 0 Å². The first kappa shape index (κ1) is 11.0. The number of benzene rings is 2. The largest absolute Gasteiger partial charge is 0.508 e. The lowest BCUT2D eigenvalue weighted by Crippen LogP contribution is -1.86. The van der Waals surface area contributed by atoms with Crippen molar-refractivity contribution in [3.63, 3.8) is 0 Å². The van der Waals surface area contributed by atoms with E-state index in [1.54, 1.807) is 18.2 Å². The van der Waals surface area contributed by atoms with Crippen LogP contribution >= 0.6 is 0 Å². The van der Waals surface area contributed by atoms with Gasteiger partial charge >= 0.3 is 0 Å². The number of aromatic nitrogens is 3. The van der Waals surface area contributed by atoms with E-state index in [1.807, 2.05) is 36.4 Å². The number of H-pyrrole nitrogens is 1. The van der Waals surface area contributed by atoms with Crippen molar-refractivity contribution in [3.05, 3.63) is 54.6 Å². The summed E-state index contributed by atoms with van der Waals surface area (Å²) >= 11 is 0. The minimum Gasteiger partial charge on any atom is -0.508 e. The monoisotopic (exact) mass is 261 g/mol. The molecule has 0 aliphatic heterocycles. The van der Waals surface area contributed by atoms with Gasteiger partial charge < -0.3 is 10.1 Å². The SMILES string of the molecule is Oc1ccc2nc(-c3ccc4ccccc4n3)[nH]c2c1. The first-order chi connectivity index (χ1) is 9.79. The highest BCUT2D eigenvalue weighted by Gasteiger charge is 2.07. The van der Waals surface area contributed by atoms with E-state index in [9.17, 15) is 5.11 Å². The van der Waals surface area contributed by atoms with Crippen molar-refractivity contribution >= 4 is 21.9 Å². The molecule has 0 unspecified atom stereocenters. The molecule has 0 atom stereocenters. The van der Waals surface area contributed by atoms with E-state index < -0.39 is 0 Å². The number of para-hydroxylation sites is 1. The zero-order valence-electron chi connectivity index (χ0n) is 10.5. The van der Waals surface area contributed by atoms with Gasteiger partial charge in [0.2, 0.25) is 0 Å². The van der Waals surface area contributed by atoms with E-state index in [0.717, 1.165) is 27.6 Å². The molecule has 2 aromatic carbocycles. The van der Waals surface area contributed by atoms with Crippen molar-refractivity contribution in [2.24, 2.45) is 0 Å². The molecule has 0 aliphatic carbocycles. The second kappa shape index (κ2) is 4.06. The minimum atomic E-state index is 0.221. The molecule has 2 N–H and O–H groups in total. The molecule has 0 saturated heterocycles. The Balaban J connectivity index is 1.91. The average Bonchev–Trinajstić information content (AvgIpc) is 2.89. The van der Waals surface area contributed by atoms with Gasteiger partial charge in [-0.15, -0.1) is 0 Å². The van der Waals surface area contributed by atoms with Crippen LogP contribution in [0, 0.1) is 0 Å². The Labute approximate surface area is 114 Å². The molecule has 4 aromatic rings. The second-order valence-electron chi connectivity index (χ2n) is 4.68. The van der Waals surface area contributed by atoms with Gasteiger partial charge in [-0.05, 0) is 24.3 Å². The topological polar surface area (TPSA) is 61.8 Å². The van der Waals surface area contributed by atoms with E-state index in [1.165, 1.54) is 0 Å². The zero-order valence-corrected chi connectivity index (χ0v) is 10.5. The Kier molecular flexibility index (Phi) is 2.23. The van der Waals surface area contributed by atoms with Crippen LogP contribution in [0.5, 0.6) is 5.75 Å². The number of rotatable bonds is 1. The molecule has 2 heterocycles. The molecule has 0 aliphatic rings. The molecular formula is C16H11N3O. The molecule has 4 heteroatoms. The molecule has 0 radical (unpaired) electrons. The summed E-state index contributed by atoms with van der Waals surface area (Å²) in [6.07, 6.45) is 0. The summed E-state index contributed by atoms with van der Waals surface area (Å²) in [4.78, 5) is 12.3. The van der Waals surface area contributed by atoms with Gasteiger partial charge in [-0.3, -0.25) is 0 Å². The van der Waals surface area contributed by atoms with Gasteiger partial charge in [0.05, 0.1) is 16.6 Å². The maximum absolute atomic E-state index is 9.49. The summed E-state index contributed by atoms with van der Waals surface area (Å²) in [5.74, 6) is 0.926. The van der Waals surface area contributed by atoms with Gasteiger partial charge in [0.1, 0.15) is 11.4 Å². The predicted molar refractivity (Wildman–Crippen MR) is 78.5 cm³/mol. The van der Waals surface area contributed by atoms with Crippen molar-refractivity contribution in [1.82, 2.24) is 15.0 Å². The number of nitrogens with zero attached hydrogens (tertiary/aromatic N) is 2. The summed E-state index contributed by atoms with van der Waals surface area (Å²) in [6.45, 7) is 0. The summed E-state index contributed by atoms with van der Waals surface area (Å²) in [6, 6.07) is 17.0. The molecule has 0 saturated carbocycles. The highest BCUT2D eigenvalue weighted by molar-refractivity contribution is 5.83. The normalized spacial score (nSPS) is 11.2. The summed E-state index contributed by atoms with van der Waals surface area (Å²) < 4.78 is 0. The highest BCUT2D eigenvalue weighted by atomic mass is 16.3. The van der Waals surface area contributed by atoms with Crippen molar-refractivity contribution in [3.8, 4) is 17.3 Å². The number of pyridine rings is 1. The number of fused-ring (bicyclic) bond motifs is 2. The quantitative estimate of drug-likeness (QED) is 0.551. The lowest BCUT2D eigenvalue weighted by Gasteiger charge is -1.99. The van der Waals surface area contributed by atoms with Crippen LogP contribution < -0.4 is 0 Å². The fraction of sp³-hybridized carbons (Fsp3) is 0. The second-order valence-corrected chi connectivity index (χ2v) is 4.68. The van der Waals surface area contributed by atoms with Crippen LogP contribution in [0.4, 0.5) is 0 Å². The third-order valence-electron chi connectivity index (χ3n) is 3.31. The molecule has 0 spiro atoms. The number of nitrogens with one attached hydrogen (secondary N) is 1. The predicted octanol–water partition coefficient (Wildman–Crippen LogP) is 3.48. The van der Waals surface area contributed by atoms with Crippen LogP contribution in [-0.2, 0) is 0 Å². The van der Waals surface area contributed by atoms with E-state index in [2.05, 4.69) is 15.0 Å². The summed E-state index contributed by atoms with van der Waals surface area (Å²) in [5.41, 5.74) is 3.34. The summed E-state index contributed by atoms with van der Waals surface area (Å²) in [5, 5.41) is 10.6. The van der Waals surface area contributed by atoms with E-state index in [0.29, 0.717) is 5.82 Å². The lowest BCUT2D eigenvalue weighted by molar-refractivity contribution is 0.476. The maximum Gasteiger partial charge on any atom is 0.157 e. The van der Waals surface area contributed by atoms with Gasteiger partial charge in [0.15, 0.2) is 5.82 Å². The van der Waals surface area contributed by atoms with Gasteiger partial charge in [-0.1, -0.05) is 24.3 Å². The minimum absolute atomic E-state index is 0.221. The lowest BCUT2D eigenvalue weighted by atomic mass is 10.2. The highest BCUT2D eigenvalue weighted by Crippen LogP contribution is 2.23. The number of phenols is 1. The van der Waals surface area contributed by atoms with Crippen molar-refractivity contribution in [2.75, 3.05) is 0 Å². The van der Waals surface area contributed by atoms with Crippen LogP contribution in [0.2, 0.25) is 0 Å². The van der Waals surface area contributed by atoms with Crippen molar-refractivity contribution < 1.29 is 5.11 Å². The third kappa shape index (κ3) is 1.70. The first-order valence-corrected chi connectivity index (χ1v) is 6.34. The Morgan fingerprint density at radius 3 is 2.70 bits per heavy atom. The van der Waals surface area contributed by atoms with Crippen molar-refractivity contribution in [1.29, 1.82) is 0 Å². The van der Waals surface area contributed by atoms with Crippen LogP contribution in [0.3, 0.4) is 0 Å². The fourth-order valence-corrected chi connectivity index (χ4v) is 2.32. The van der Waals surface area contributed by atoms with E-state index in [-0.39, 0.29) is 5.75 Å². The zero-order chi connectivity index (χ0) is 13.5. The standard InChI is InChI=1S/C16H11N3O/c20-11-6-8-13-15(9-11)19-16(18-13)14-7-5-10-3-1-2-4-12(10)17-14/h1-9,20H,(H,18,19). The maximum atomic E-state index is 9.49. The first-order valence-electron chi connectivity index (χ1n) is 6.34. The molecule has 4 rings (SSSR count). The number of phenolic OH excluding ortho intramolecular Hbond substituents is 1. The molecule has 20 heavy (non-hydrogen) atoms. The van der Waals surface area contributed by atoms with Crippen LogP contribution in [0.15, 0.2) is 54.6 Å². The van der Waals surface area contributed by atoms with Crippen molar-refractivity contribution in [2.45, 2.75) is 0 Å². The number of hydrogen-bond acceptors (Lipinski definition) is 3. The number of aromatic amines is 1. The number of aromatic hydroxyl groups is 1.